The van der Waals surface area contributed by atoms with Crippen LogP contribution in [-0.4, -0.2) is 51.4 Å². The van der Waals surface area contributed by atoms with Gasteiger partial charge in [-0.15, -0.1) is 0 Å². The van der Waals surface area contributed by atoms with E-state index < -0.39 is 5.97 Å². The molecule has 1 fully saturated rings. The molecule has 0 saturated carbocycles. The molecule has 6 rings (SSSR count). The Labute approximate surface area is 259 Å². The molecular weight excluding hydrogens is 548 g/mol. The lowest BCUT2D eigenvalue weighted by Crippen LogP contribution is -2.22. The largest absolute Gasteiger partial charge is 0.491 e. The van der Waals surface area contributed by atoms with E-state index >= 15 is 0 Å². The molecule has 7 nitrogen and oxygen atoms in total. The zero-order chi connectivity index (χ0) is 30.5. The number of imidazole rings is 1. The fourth-order valence-electron chi connectivity index (χ4n) is 6.33. The Morgan fingerprint density at radius 2 is 1.91 bits per heavy atom. The fraction of sp³-hybridized carbons (Fsp3) is 0.351. The number of aromatic nitrogens is 2. The highest BCUT2D eigenvalue weighted by Crippen LogP contribution is 2.32. The van der Waals surface area contributed by atoms with Gasteiger partial charge in [0.25, 0.3) is 0 Å². The van der Waals surface area contributed by atoms with Crippen LogP contribution in [0.1, 0.15) is 66.3 Å². The Hall–Kier alpha value is -4.36. The maximum atomic E-state index is 11.8. The van der Waals surface area contributed by atoms with Crippen LogP contribution < -0.4 is 10.1 Å². The SMILES string of the molecule is CCCCc1nc2c(C)ccc(OCCCCN3CNC4CC=CC=C43)c2n1Cc1ccc(-c2ccccc2C(=O)O)cc1. The van der Waals surface area contributed by atoms with Gasteiger partial charge in [-0.2, -0.15) is 0 Å². The lowest BCUT2D eigenvalue weighted by atomic mass is 9.98. The minimum atomic E-state index is -0.918. The van der Waals surface area contributed by atoms with Crippen molar-refractivity contribution in [1.82, 2.24) is 19.8 Å². The van der Waals surface area contributed by atoms with E-state index in [1.54, 1.807) is 12.1 Å². The van der Waals surface area contributed by atoms with E-state index in [1.165, 1.54) is 5.70 Å². The van der Waals surface area contributed by atoms with Crippen LogP contribution in [0.15, 0.2) is 84.6 Å². The second-order valence-electron chi connectivity index (χ2n) is 11.8. The number of carboxylic acids is 1. The normalized spacial score (nSPS) is 15.9. The van der Waals surface area contributed by atoms with E-state index in [0.717, 1.165) is 96.6 Å². The van der Waals surface area contributed by atoms with Gasteiger partial charge in [0.15, 0.2) is 0 Å². The first-order valence-corrected chi connectivity index (χ1v) is 15.9. The third-order valence-electron chi connectivity index (χ3n) is 8.76. The third-order valence-corrected chi connectivity index (χ3v) is 8.76. The number of rotatable bonds is 13. The summed E-state index contributed by atoms with van der Waals surface area (Å²) in [6.07, 6.45) is 12.9. The quantitative estimate of drug-likeness (QED) is 0.159. The van der Waals surface area contributed by atoms with Gasteiger partial charge in [-0.05, 0) is 73.1 Å². The van der Waals surface area contributed by atoms with E-state index in [2.05, 4.69) is 71.1 Å². The summed E-state index contributed by atoms with van der Waals surface area (Å²) in [5.41, 5.74) is 7.69. The molecule has 1 atom stereocenters. The molecule has 1 saturated heterocycles. The van der Waals surface area contributed by atoms with Crippen molar-refractivity contribution in [2.75, 3.05) is 19.8 Å². The van der Waals surface area contributed by atoms with Crippen molar-refractivity contribution in [1.29, 1.82) is 0 Å². The third kappa shape index (κ3) is 6.29. The summed E-state index contributed by atoms with van der Waals surface area (Å²) >= 11 is 0. The summed E-state index contributed by atoms with van der Waals surface area (Å²) in [4.78, 5) is 19.4. The molecule has 2 N–H and O–H groups in total. The average molecular weight is 591 g/mol. The first-order chi connectivity index (χ1) is 21.5. The number of hydrogen-bond acceptors (Lipinski definition) is 5. The molecule has 0 spiro atoms. The number of carboxylic acid groups (broad SMARTS) is 1. The number of hydrogen-bond donors (Lipinski definition) is 2. The smallest absolute Gasteiger partial charge is 0.336 e. The monoisotopic (exact) mass is 590 g/mol. The number of benzene rings is 3. The molecule has 2 heterocycles. The maximum Gasteiger partial charge on any atom is 0.336 e. The molecule has 0 amide bonds. The van der Waals surface area contributed by atoms with Crippen LogP contribution in [0.2, 0.25) is 0 Å². The summed E-state index contributed by atoms with van der Waals surface area (Å²) in [7, 11) is 0. The highest BCUT2D eigenvalue weighted by atomic mass is 16.5. The molecule has 2 aliphatic rings. The highest BCUT2D eigenvalue weighted by molar-refractivity contribution is 5.96. The van der Waals surface area contributed by atoms with Crippen LogP contribution >= 0.6 is 0 Å². The van der Waals surface area contributed by atoms with Crippen molar-refractivity contribution >= 4 is 17.0 Å². The standard InChI is InChI=1S/C37H42N4O3/c1-3-4-15-34-39-35-26(2)16-21-33(44-23-10-9-22-40-25-38-31-13-7-8-14-32(31)40)36(35)41(34)24-27-17-19-28(20-18-27)29-11-5-6-12-30(29)37(42)43/h5-8,11-12,14,16-21,31,38H,3-4,9-10,13,15,22-25H2,1-2H3,(H,42,43). The van der Waals surface area contributed by atoms with Crippen LogP contribution in [0.5, 0.6) is 5.75 Å². The van der Waals surface area contributed by atoms with Gasteiger partial charge in [-0.3, -0.25) is 5.32 Å². The van der Waals surface area contributed by atoms with Gasteiger partial charge in [0.05, 0.1) is 30.4 Å². The van der Waals surface area contributed by atoms with Crippen LogP contribution in [0.4, 0.5) is 0 Å². The average Bonchev–Trinajstić information content (AvgIpc) is 3.63. The Balaban J connectivity index is 1.20. The van der Waals surface area contributed by atoms with Crippen molar-refractivity contribution < 1.29 is 14.6 Å². The molecule has 1 aliphatic carbocycles. The molecule has 228 valence electrons. The van der Waals surface area contributed by atoms with Crippen molar-refractivity contribution in [2.45, 2.75) is 65.0 Å². The van der Waals surface area contributed by atoms with Crippen molar-refractivity contribution in [3.05, 3.63) is 107 Å². The number of fused-ring (bicyclic) bond motifs is 2. The second kappa shape index (κ2) is 13.5. The summed E-state index contributed by atoms with van der Waals surface area (Å²) in [5, 5.41) is 13.3. The molecule has 7 heteroatoms. The van der Waals surface area contributed by atoms with Crippen molar-refractivity contribution in [3.8, 4) is 16.9 Å². The molecule has 44 heavy (non-hydrogen) atoms. The zero-order valence-electron chi connectivity index (χ0n) is 25.8. The van der Waals surface area contributed by atoms with Gasteiger partial charge in [0.2, 0.25) is 0 Å². The Kier molecular flexibility index (Phi) is 9.12. The first-order valence-electron chi connectivity index (χ1n) is 15.9. The van der Waals surface area contributed by atoms with E-state index in [0.29, 0.717) is 24.8 Å². The number of unbranched alkanes of at least 4 members (excludes halogenated alkanes) is 2. The summed E-state index contributed by atoms with van der Waals surface area (Å²) in [6, 6.07) is 20.1. The number of aryl methyl sites for hydroxylation is 2. The van der Waals surface area contributed by atoms with Gasteiger partial charge in [-0.25, -0.2) is 9.78 Å². The molecule has 4 aromatic rings. The van der Waals surface area contributed by atoms with Gasteiger partial charge >= 0.3 is 5.97 Å². The van der Waals surface area contributed by atoms with Gasteiger partial charge in [-0.1, -0.05) is 74.0 Å². The fourth-order valence-corrected chi connectivity index (χ4v) is 6.33. The Bertz CT molecular complexity index is 1690. The lowest BCUT2D eigenvalue weighted by molar-refractivity contribution is 0.0697. The van der Waals surface area contributed by atoms with Crippen LogP contribution in [0, 0.1) is 6.92 Å². The number of allylic oxidation sites excluding steroid dienone is 2. The van der Waals surface area contributed by atoms with E-state index in [9.17, 15) is 9.90 Å². The van der Waals surface area contributed by atoms with Crippen LogP contribution in [0.25, 0.3) is 22.2 Å². The topological polar surface area (TPSA) is 79.6 Å². The van der Waals surface area contributed by atoms with Crippen molar-refractivity contribution in [2.24, 2.45) is 0 Å². The molecule has 0 radical (unpaired) electrons. The number of carbonyl (C=O) groups is 1. The number of ether oxygens (including phenoxy) is 1. The molecule has 0 bridgehead atoms. The summed E-state index contributed by atoms with van der Waals surface area (Å²) in [6.45, 7) is 7.61. The number of aromatic carboxylic acids is 1. The van der Waals surface area contributed by atoms with Crippen molar-refractivity contribution in [3.63, 3.8) is 0 Å². The van der Waals surface area contributed by atoms with Crippen LogP contribution in [-0.2, 0) is 13.0 Å². The summed E-state index contributed by atoms with van der Waals surface area (Å²) in [5.74, 6) is 1.04. The zero-order valence-corrected chi connectivity index (χ0v) is 25.8. The van der Waals surface area contributed by atoms with E-state index in [-0.39, 0.29) is 0 Å². The molecule has 3 aromatic carbocycles. The predicted octanol–water partition coefficient (Wildman–Crippen LogP) is 7.33. The van der Waals surface area contributed by atoms with E-state index in [1.807, 2.05) is 24.3 Å². The van der Waals surface area contributed by atoms with Gasteiger partial charge in [0, 0.05) is 25.2 Å². The molecule has 1 aromatic heterocycles. The molecule has 1 aliphatic heterocycles. The van der Waals surface area contributed by atoms with Crippen LogP contribution in [0.3, 0.4) is 0 Å². The lowest BCUT2D eigenvalue weighted by Gasteiger charge is -2.22. The number of nitrogens with zero attached hydrogens (tertiary/aromatic N) is 3. The minimum absolute atomic E-state index is 0.310. The Morgan fingerprint density at radius 3 is 2.73 bits per heavy atom. The highest BCUT2D eigenvalue weighted by Gasteiger charge is 2.26. The van der Waals surface area contributed by atoms with Gasteiger partial charge < -0.3 is 19.3 Å². The number of nitrogens with one attached hydrogen (secondary N) is 1. The molecular formula is C37H42N4O3. The minimum Gasteiger partial charge on any atom is -0.491 e. The first kappa shape index (κ1) is 29.7. The summed E-state index contributed by atoms with van der Waals surface area (Å²) < 4.78 is 8.80. The second-order valence-corrected chi connectivity index (χ2v) is 11.8. The predicted molar refractivity (Wildman–Crippen MR) is 176 cm³/mol. The molecule has 1 unspecified atom stereocenters. The Morgan fingerprint density at radius 1 is 1.07 bits per heavy atom. The van der Waals surface area contributed by atoms with Gasteiger partial charge in [0.1, 0.15) is 17.1 Å². The maximum absolute atomic E-state index is 11.8. The van der Waals surface area contributed by atoms with E-state index in [4.69, 9.17) is 9.72 Å².